The predicted molar refractivity (Wildman–Crippen MR) is 87.0 cm³/mol. The summed E-state index contributed by atoms with van der Waals surface area (Å²) in [5.41, 5.74) is 4.76. The number of aryl methyl sites for hydroxylation is 1. The average Bonchev–Trinajstić information content (AvgIpc) is 2.49. The molecule has 2 nitrogen and oxygen atoms in total. The molecule has 0 radical (unpaired) electrons. The summed E-state index contributed by atoms with van der Waals surface area (Å²) in [4.78, 5) is 7.17. The lowest BCUT2D eigenvalue weighted by molar-refractivity contribution is 0.671. The number of fused-ring (bicyclic) bond motifs is 2. The van der Waals surface area contributed by atoms with Crippen LogP contribution in [-0.2, 0) is 12.8 Å². The SMILES string of the molecule is CCN(CC)c1ccc2nc3c(c(Cl)c2c1)CCCC3. The zero-order valence-electron chi connectivity index (χ0n) is 12.2. The molecule has 0 aliphatic heterocycles. The molecule has 0 bridgehead atoms. The molecule has 0 spiro atoms. The molecular formula is C17H21ClN2. The molecule has 106 valence electrons. The molecule has 3 heteroatoms. The van der Waals surface area contributed by atoms with Gasteiger partial charge in [-0.25, -0.2) is 0 Å². The molecule has 0 saturated heterocycles. The summed E-state index contributed by atoms with van der Waals surface area (Å²) in [6.07, 6.45) is 4.62. The smallest absolute Gasteiger partial charge is 0.0722 e. The van der Waals surface area contributed by atoms with Gasteiger partial charge in [-0.1, -0.05) is 11.6 Å². The van der Waals surface area contributed by atoms with Crippen molar-refractivity contribution in [3.8, 4) is 0 Å². The quantitative estimate of drug-likeness (QED) is 0.820. The van der Waals surface area contributed by atoms with E-state index in [0.717, 1.165) is 41.9 Å². The summed E-state index contributed by atoms with van der Waals surface area (Å²) in [5, 5.41) is 2.04. The summed E-state index contributed by atoms with van der Waals surface area (Å²) in [7, 11) is 0. The molecule has 1 heterocycles. The zero-order chi connectivity index (χ0) is 14.1. The van der Waals surface area contributed by atoms with Crippen LogP contribution in [0.2, 0.25) is 5.02 Å². The van der Waals surface area contributed by atoms with E-state index in [-0.39, 0.29) is 0 Å². The van der Waals surface area contributed by atoms with Crippen LogP contribution >= 0.6 is 11.6 Å². The monoisotopic (exact) mass is 288 g/mol. The number of hydrogen-bond acceptors (Lipinski definition) is 2. The Morgan fingerprint density at radius 3 is 2.65 bits per heavy atom. The van der Waals surface area contributed by atoms with Gasteiger partial charge in [-0.05, 0) is 63.3 Å². The third-order valence-electron chi connectivity index (χ3n) is 4.30. The average molecular weight is 289 g/mol. The van der Waals surface area contributed by atoms with E-state index in [2.05, 4.69) is 36.9 Å². The van der Waals surface area contributed by atoms with Crippen LogP contribution in [0, 0.1) is 0 Å². The first-order chi connectivity index (χ1) is 9.74. The molecule has 1 aromatic carbocycles. The van der Waals surface area contributed by atoms with Crippen LogP contribution in [0.15, 0.2) is 18.2 Å². The van der Waals surface area contributed by atoms with Crippen molar-refractivity contribution in [3.05, 3.63) is 34.5 Å². The van der Waals surface area contributed by atoms with E-state index >= 15 is 0 Å². The minimum atomic E-state index is 0.929. The van der Waals surface area contributed by atoms with Crippen molar-refractivity contribution < 1.29 is 0 Å². The molecule has 20 heavy (non-hydrogen) atoms. The minimum Gasteiger partial charge on any atom is -0.372 e. The lowest BCUT2D eigenvalue weighted by atomic mass is 9.94. The number of hydrogen-bond donors (Lipinski definition) is 0. The van der Waals surface area contributed by atoms with Crippen molar-refractivity contribution in [2.24, 2.45) is 0 Å². The molecule has 0 saturated carbocycles. The van der Waals surface area contributed by atoms with Gasteiger partial charge in [-0.2, -0.15) is 0 Å². The van der Waals surface area contributed by atoms with Crippen LogP contribution in [0.25, 0.3) is 10.9 Å². The summed E-state index contributed by atoms with van der Waals surface area (Å²) in [5.74, 6) is 0. The van der Waals surface area contributed by atoms with Gasteiger partial charge in [0.2, 0.25) is 0 Å². The molecule has 0 N–H and O–H groups in total. The van der Waals surface area contributed by atoms with E-state index in [1.807, 2.05) is 0 Å². The lowest BCUT2D eigenvalue weighted by Gasteiger charge is -2.22. The highest BCUT2D eigenvalue weighted by Gasteiger charge is 2.17. The highest BCUT2D eigenvalue weighted by atomic mass is 35.5. The molecule has 0 amide bonds. The van der Waals surface area contributed by atoms with Gasteiger partial charge in [0.25, 0.3) is 0 Å². The highest BCUT2D eigenvalue weighted by molar-refractivity contribution is 6.36. The first-order valence-corrected chi connectivity index (χ1v) is 7.98. The molecule has 1 aromatic heterocycles. The van der Waals surface area contributed by atoms with Crippen LogP contribution in [0.3, 0.4) is 0 Å². The summed E-state index contributed by atoms with van der Waals surface area (Å²) < 4.78 is 0. The van der Waals surface area contributed by atoms with Crippen molar-refractivity contribution in [3.63, 3.8) is 0 Å². The Morgan fingerprint density at radius 2 is 1.90 bits per heavy atom. The summed E-state index contributed by atoms with van der Waals surface area (Å²) in [6.45, 7) is 6.39. The normalized spacial score (nSPS) is 14.3. The van der Waals surface area contributed by atoms with E-state index in [1.54, 1.807) is 0 Å². The van der Waals surface area contributed by atoms with Crippen LogP contribution in [-0.4, -0.2) is 18.1 Å². The number of benzene rings is 1. The summed E-state index contributed by atoms with van der Waals surface area (Å²) >= 11 is 6.66. The Hall–Kier alpha value is -1.28. The predicted octanol–water partition coefficient (Wildman–Crippen LogP) is 4.61. The number of anilines is 1. The Morgan fingerprint density at radius 1 is 1.15 bits per heavy atom. The number of nitrogens with zero attached hydrogens (tertiary/aromatic N) is 2. The van der Waals surface area contributed by atoms with Gasteiger partial charge in [0, 0.05) is 29.9 Å². The third-order valence-corrected chi connectivity index (χ3v) is 4.74. The number of halogens is 1. The Labute approximate surface area is 125 Å². The first-order valence-electron chi connectivity index (χ1n) is 7.60. The van der Waals surface area contributed by atoms with Gasteiger partial charge in [-0.3, -0.25) is 4.98 Å². The Kier molecular flexibility index (Phi) is 3.84. The second-order valence-electron chi connectivity index (χ2n) is 5.43. The number of pyridine rings is 1. The topological polar surface area (TPSA) is 16.1 Å². The largest absolute Gasteiger partial charge is 0.372 e. The Balaban J connectivity index is 2.16. The zero-order valence-corrected chi connectivity index (χ0v) is 13.0. The van der Waals surface area contributed by atoms with Crippen molar-refractivity contribution in [2.45, 2.75) is 39.5 Å². The molecular weight excluding hydrogens is 268 g/mol. The fourth-order valence-electron chi connectivity index (χ4n) is 3.14. The van der Waals surface area contributed by atoms with Gasteiger partial charge in [0.05, 0.1) is 10.5 Å². The molecule has 2 aromatic rings. The lowest BCUT2D eigenvalue weighted by Crippen LogP contribution is -2.21. The van der Waals surface area contributed by atoms with E-state index in [4.69, 9.17) is 16.6 Å². The second kappa shape index (κ2) is 5.61. The van der Waals surface area contributed by atoms with Crippen molar-refractivity contribution in [1.82, 2.24) is 4.98 Å². The maximum absolute atomic E-state index is 6.66. The Bertz CT molecular complexity index is 632. The van der Waals surface area contributed by atoms with Gasteiger partial charge < -0.3 is 4.90 Å². The van der Waals surface area contributed by atoms with E-state index in [0.29, 0.717) is 0 Å². The van der Waals surface area contributed by atoms with Gasteiger partial charge in [-0.15, -0.1) is 0 Å². The fraction of sp³-hybridized carbons (Fsp3) is 0.471. The summed E-state index contributed by atoms with van der Waals surface area (Å²) in [6, 6.07) is 6.48. The molecule has 0 atom stereocenters. The maximum atomic E-state index is 6.66. The van der Waals surface area contributed by atoms with Crippen LogP contribution in [0.4, 0.5) is 5.69 Å². The fourth-order valence-corrected chi connectivity index (χ4v) is 3.49. The molecule has 3 rings (SSSR count). The maximum Gasteiger partial charge on any atom is 0.0722 e. The van der Waals surface area contributed by atoms with Gasteiger partial charge >= 0.3 is 0 Å². The van der Waals surface area contributed by atoms with Gasteiger partial charge in [0.15, 0.2) is 0 Å². The third kappa shape index (κ3) is 2.26. The molecule has 1 aliphatic carbocycles. The first kappa shape index (κ1) is 13.7. The van der Waals surface area contributed by atoms with Crippen LogP contribution in [0.5, 0.6) is 0 Å². The highest BCUT2D eigenvalue weighted by Crippen LogP contribution is 2.34. The standard InChI is InChI=1S/C17H21ClN2/c1-3-20(4-2)12-9-10-16-14(11-12)17(18)13-7-5-6-8-15(13)19-16/h9-11H,3-8H2,1-2H3. The van der Waals surface area contributed by atoms with Crippen LogP contribution < -0.4 is 4.90 Å². The van der Waals surface area contributed by atoms with Crippen molar-refractivity contribution >= 4 is 28.2 Å². The van der Waals surface area contributed by atoms with Crippen molar-refractivity contribution in [1.29, 1.82) is 0 Å². The van der Waals surface area contributed by atoms with Crippen LogP contribution in [0.1, 0.15) is 37.9 Å². The second-order valence-corrected chi connectivity index (χ2v) is 5.81. The van der Waals surface area contributed by atoms with Crippen molar-refractivity contribution in [2.75, 3.05) is 18.0 Å². The minimum absolute atomic E-state index is 0.929. The molecule has 0 fully saturated rings. The molecule has 1 aliphatic rings. The number of rotatable bonds is 3. The number of aromatic nitrogens is 1. The van der Waals surface area contributed by atoms with E-state index < -0.39 is 0 Å². The molecule has 0 unspecified atom stereocenters. The van der Waals surface area contributed by atoms with Gasteiger partial charge in [0.1, 0.15) is 0 Å². The van der Waals surface area contributed by atoms with E-state index in [1.165, 1.54) is 29.8 Å². The van der Waals surface area contributed by atoms with E-state index in [9.17, 15) is 0 Å².